The Morgan fingerprint density at radius 2 is 1.70 bits per heavy atom. The van der Waals surface area contributed by atoms with Gasteiger partial charge in [0.25, 0.3) is 0 Å². The van der Waals surface area contributed by atoms with Gasteiger partial charge in [0.1, 0.15) is 10.6 Å². The van der Waals surface area contributed by atoms with Crippen LogP contribution < -0.4 is 4.74 Å². The van der Waals surface area contributed by atoms with E-state index in [2.05, 4.69) is 6.07 Å². The molecule has 0 aromatic heterocycles. The molecule has 1 heterocycles. The lowest BCUT2D eigenvalue weighted by molar-refractivity contribution is 0.0474. The number of ether oxygens (including phenoxy) is 2. The third kappa shape index (κ3) is 4.79. The second kappa shape index (κ2) is 10.1. The first kappa shape index (κ1) is 25.2. The zero-order valence-corrected chi connectivity index (χ0v) is 21.7. The van der Waals surface area contributed by atoms with Crippen LogP contribution in [0.4, 0.5) is 0 Å². The summed E-state index contributed by atoms with van der Waals surface area (Å²) >= 11 is 0. The van der Waals surface area contributed by atoms with Gasteiger partial charge in [0.05, 0.1) is 12.7 Å². The number of Topliss-reactive ketones (excluding diaryl/α,β-unsaturated/α-hetero) is 1. The average molecular weight is 520 g/mol. The molecule has 3 aromatic carbocycles. The molecule has 1 aliphatic carbocycles. The molecule has 8 heteroatoms. The lowest BCUT2D eigenvalue weighted by Crippen LogP contribution is -2.42. The van der Waals surface area contributed by atoms with Gasteiger partial charge in [0, 0.05) is 18.2 Å². The number of fused-ring (bicyclic) bond motifs is 3. The van der Waals surface area contributed by atoms with Crippen molar-refractivity contribution >= 4 is 21.8 Å². The second-order valence-corrected chi connectivity index (χ2v) is 11.4. The second-order valence-electron chi connectivity index (χ2n) is 9.53. The lowest BCUT2D eigenvalue weighted by atomic mass is 10.0. The normalized spacial score (nSPS) is 17.1. The predicted octanol–water partition coefficient (Wildman–Crippen LogP) is 4.87. The zero-order chi connectivity index (χ0) is 26.2. The van der Waals surface area contributed by atoms with E-state index in [0.29, 0.717) is 12.1 Å². The number of carbonyl (C=O) groups is 2. The molecule has 1 atom stereocenters. The highest BCUT2D eigenvalue weighted by molar-refractivity contribution is 7.89. The summed E-state index contributed by atoms with van der Waals surface area (Å²) in [6.45, 7) is 1.85. The molecule has 1 fully saturated rings. The number of methoxy groups -OCH3 is 1. The monoisotopic (exact) mass is 519 g/mol. The van der Waals surface area contributed by atoms with Crippen LogP contribution in [-0.4, -0.2) is 50.8 Å². The number of piperidine rings is 1. The summed E-state index contributed by atoms with van der Waals surface area (Å²) in [4.78, 5) is 25.6. The van der Waals surface area contributed by atoms with Gasteiger partial charge in [-0.3, -0.25) is 4.79 Å². The Bertz CT molecular complexity index is 1480. The maximum Gasteiger partial charge on any atom is 0.338 e. The Balaban J connectivity index is 1.32. The highest BCUT2D eigenvalue weighted by atomic mass is 32.2. The van der Waals surface area contributed by atoms with E-state index in [1.54, 1.807) is 6.07 Å². The summed E-state index contributed by atoms with van der Waals surface area (Å²) < 4.78 is 38.9. The maximum absolute atomic E-state index is 13.4. The van der Waals surface area contributed by atoms with Crippen LogP contribution >= 0.6 is 0 Å². The fraction of sp³-hybridized carbons (Fsp3) is 0.310. The highest BCUT2D eigenvalue weighted by Gasteiger charge is 2.34. The van der Waals surface area contributed by atoms with Gasteiger partial charge in [0.2, 0.25) is 10.0 Å². The van der Waals surface area contributed by atoms with E-state index in [0.717, 1.165) is 42.4 Å². The van der Waals surface area contributed by atoms with Gasteiger partial charge in [-0.05, 0) is 72.7 Å². The minimum Gasteiger partial charge on any atom is -0.495 e. The number of esters is 1. The Kier molecular flexibility index (Phi) is 6.88. The molecule has 5 rings (SSSR count). The number of sulfonamides is 1. The number of benzene rings is 3. The van der Waals surface area contributed by atoms with Gasteiger partial charge >= 0.3 is 5.97 Å². The molecule has 192 valence electrons. The molecule has 0 unspecified atom stereocenters. The number of nitrogens with zero attached hydrogens (tertiary/aromatic N) is 1. The van der Waals surface area contributed by atoms with Gasteiger partial charge < -0.3 is 9.47 Å². The number of hydrogen-bond donors (Lipinski definition) is 0. The van der Waals surface area contributed by atoms with E-state index in [9.17, 15) is 18.0 Å². The van der Waals surface area contributed by atoms with Crippen molar-refractivity contribution in [2.24, 2.45) is 0 Å². The third-order valence-electron chi connectivity index (χ3n) is 7.18. The third-order valence-corrected chi connectivity index (χ3v) is 9.22. The average Bonchev–Trinajstić information content (AvgIpc) is 3.29. The summed E-state index contributed by atoms with van der Waals surface area (Å²) in [6, 6.07) is 17.6. The molecule has 3 aromatic rings. The van der Waals surface area contributed by atoms with Crippen LogP contribution in [0.2, 0.25) is 0 Å². The number of hydrogen-bond acceptors (Lipinski definition) is 6. The zero-order valence-electron chi connectivity index (χ0n) is 20.9. The van der Waals surface area contributed by atoms with Gasteiger partial charge in [-0.2, -0.15) is 4.31 Å². The molecule has 0 spiro atoms. The van der Waals surface area contributed by atoms with Crippen molar-refractivity contribution in [3.63, 3.8) is 0 Å². The molecule has 37 heavy (non-hydrogen) atoms. The summed E-state index contributed by atoms with van der Waals surface area (Å²) in [6.07, 6.45) is 3.36. The summed E-state index contributed by atoms with van der Waals surface area (Å²) in [5, 5.41) is 0. The minimum atomic E-state index is -3.88. The van der Waals surface area contributed by atoms with Crippen LogP contribution in [0.3, 0.4) is 0 Å². The molecule has 0 N–H and O–H groups in total. The van der Waals surface area contributed by atoms with Crippen LogP contribution in [0.15, 0.2) is 65.6 Å². The van der Waals surface area contributed by atoms with E-state index in [-0.39, 0.29) is 28.0 Å². The van der Waals surface area contributed by atoms with Crippen molar-refractivity contribution in [1.29, 1.82) is 0 Å². The smallest absolute Gasteiger partial charge is 0.338 e. The van der Waals surface area contributed by atoms with E-state index >= 15 is 0 Å². The molecule has 7 nitrogen and oxygen atoms in total. The Hall–Kier alpha value is -3.49. The highest BCUT2D eigenvalue weighted by Crippen LogP contribution is 2.37. The largest absolute Gasteiger partial charge is 0.495 e. The van der Waals surface area contributed by atoms with Crippen molar-refractivity contribution in [1.82, 2.24) is 4.31 Å². The van der Waals surface area contributed by atoms with Crippen molar-refractivity contribution in [2.45, 2.75) is 43.5 Å². The Morgan fingerprint density at radius 3 is 2.49 bits per heavy atom. The van der Waals surface area contributed by atoms with E-state index in [4.69, 9.17) is 9.47 Å². The first-order valence-corrected chi connectivity index (χ1v) is 13.8. The van der Waals surface area contributed by atoms with Gasteiger partial charge in [0.15, 0.2) is 12.4 Å². The molecule has 0 saturated carbocycles. The lowest BCUT2D eigenvalue weighted by Gasteiger charge is -2.32. The van der Waals surface area contributed by atoms with Crippen LogP contribution in [0, 0.1) is 0 Å². The Morgan fingerprint density at radius 1 is 0.946 bits per heavy atom. The SMILES string of the molecule is COc1ccc(C(=O)OCC(=O)c2ccc3c(c2)-c2ccccc2C3)cc1S(=O)(=O)N1CCCC[C@H]1C. The van der Waals surface area contributed by atoms with Crippen molar-refractivity contribution in [3.05, 3.63) is 82.9 Å². The van der Waals surface area contributed by atoms with Crippen LogP contribution in [-0.2, 0) is 21.2 Å². The number of carbonyl (C=O) groups excluding carboxylic acids is 2. The van der Waals surface area contributed by atoms with Gasteiger partial charge in [-0.15, -0.1) is 0 Å². The van der Waals surface area contributed by atoms with Gasteiger partial charge in [-0.25, -0.2) is 13.2 Å². The fourth-order valence-electron chi connectivity index (χ4n) is 5.16. The van der Waals surface area contributed by atoms with E-state index in [1.807, 2.05) is 37.3 Å². The predicted molar refractivity (Wildman–Crippen MR) is 139 cm³/mol. The molecular weight excluding hydrogens is 490 g/mol. The number of rotatable bonds is 7. The quantitative estimate of drug-likeness (QED) is 0.256. The molecule has 0 radical (unpaired) electrons. The standard InChI is InChI=1S/C29H29NO6S/c1-19-7-5-6-14-30(19)37(33,34)28-17-23(12-13-27(28)35-2)29(32)36-18-26(31)22-11-10-21-15-20-8-3-4-9-24(20)25(21)16-22/h3-4,8-13,16-17,19H,5-7,14-15,18H2,1-2H3/t19-/m1/s1. The van der Waals surface area contributed by atoms with Crippen LogP contribution in [0.1, 0.15) is 58.0 Å². The number of ketones is 1. The molecule has 1 saturated heterocycles. The van der Waals surface area contributed by atoms with Crippen molar-refractivity contribution < 1.29 is 27.5 Å². The topological polar surface area (TPSA) is 90.0 Å². The first-order chi connectivity index (χ1) is 17.8. The fourth-order valence-corrected chi connectivity index (χ4v) is 7.04. The summed E-state index contributed by atoms with van der Waals surface area (Å²) in [5.74, 6) is -0.946. The van der Waals surface area contributed by atoms with Crippen molar-refractivity contribution in [3.8, 4) is 16.9 Å². The van der Waals surface area contributed by atoms with Crippen LogP contribution in [0.5, 0.6) is 5.75 Å². The molecule has 0 amide bonds. The summed E-state index contributed by atoms with van der Waals surface area (Å²) in [7, 11) is -2.49. The maximum atomic E-state index is 13.4. The molecule has 1 aliphatic heterocycles. The van der Waals surface area contributed by atoms with Crippen LogP contribution in [0.25, 0.3) is 11.1 Å². The first-order valence-electron chi connectivity index (χ1n) is 12.4. The summed E-state index contributed by atoms with van der Waals surface area (Å²) in [5.41, 5.74) is 5.01. The molecule has 0 bridgehead atoms. The van der Waals surface area contributed by atoms with E-state index in [1.165, 1.54) is 35.2 Å². The van der Waals surface area contributed by atoms with Gasteiger partial charge in [-0.1, -0.05) is 42.8 Å². The van der Waals surface area contributed by atoms with Crippen molar-refractivity contribution in [2.75, 3.05) is 20.3 Å². The molecular formula is C29H29NO6S. The van der Waals surface area contributed by atoms with E-state index < -0.39 is 22.6 Å². The molecule has 2 aliphatic rings. The Labute approximate surface area is 217 Å². The minimum absolute atomic E-state index is 0.0414.